The summed E-state index contributed by atoms with van der Waals surface area (Å²) < 4.78 is 5.42. The molecule has 1 aliphatic heterocycles. The Morgan fingerprint density at radius 1 is 0.877 bits per heavy atom. The Labute approximate surface area is 336 Å². The molecule has 0 radical (unpaired) electrons. The van der Waals surface area contributed by atoms with Gasteiger partial charge in [-0.15, -0.1) is 0 Å². The first-order chi connectivity index (χ1) is 26.7. The summed E-state index contributed by atoms with van der Waals surface area (Å²) in [5, 5.41) is 28.3. The van der Waals surface area contributed by atoms with E-state index in [-0.39, 0.29) is 49.5 Å². The lowest BCUT2D eigenvalue weighted by Crippen LogP contribution is -2.58. The summed E-state index contributed by atoms with van der Waals surface area (Å²) in [6, 6.07) is 4.27. The van der Waals surface area contributed by atoms with Gasteiger partial charge in [0.25, 0.3) is 0 Å². The van der Waals surface area contributed by atoms with Crippen LogP contribution in [-0.4, -0.2) is 98.7 Å². The van der Waals surface area contributed by atoms with E-state index < -0.39 is 78.1 Å². The Morgan fingerprint density at radius 3 is 2.11 bits per heavy atom. The number of ether oxygens (including phenoxy) is 1. The molecular formula is C41H64N8O8. The van der Waals surface area contributed by atoms with Crippen LogP contribution in [0.5, 0.6) is 0 Å². The van der Waals surface area contributed by atoms with Crippen molar-refractivity contribution >= 4 is 35.6 Å². The molecule has 0 saturated carbocycles. The second-order valence-electron chi connectivity index (χ2n) is 17.1. The standard InChI is InChI=1S/C41H64N8O8/c1-23(2)15-28-29(19-34(51)44-28)45-39(55)36(25(5)6)49-35(52)20-33(50)30(16-24(3)4)46-38(54)32(18-27-21-42-22-43-27)47-37(53)31(17-26-13-11-10-12-14-26)48-40(56)57-41(7,8)9/h10-14,21-25,28-33,36,50H,15-20H2,1-9H3,(H,42,43)(H,44,51)(H,45,55)(H,46,54)(H,47,53)(H,48,56)(H,49,52)/t28-,29-,30-,31-,32-,33-,36-/m0/s1. The molecule has 2 aromatic rings. The monoisotopic (exact) mass is 796 g/mol. The fraction of sp³-hybridized carbons (Fsp3) is 0.634. The van der Waals surface area contributed by atoms with Crippen LogP contribution in [0.25, 0.3) is 0 Å². The number of carbonyl (C=O) groups is 6. The third-order valence-electron chi connectivity index (χ3n) is 9.36. The first-order valence-electron chi connectivity index (χ1n) is 19.9. The van der Waals surface area contributed by atoms with Crippen LogP contribution in [0.2, 0.25) is 0 Å². The fourth-order valence-corrected chi connectivity index (χ4v) is 6.67. The van der Waals surface area contributed by atoms with Gasteiger partial charge >= 0.3 is 6.09 Å². The molecule has 1 fully saturated rings. The lowest BCUT2D eigenvalue weighted by molar-refractivity contribution is -0.133. The number of imidazole rings is 1. The number of hydrogen-bond donors (Lipinski definition) is 8. The van der Waals surface area contributed by atoms with Gasteiger partial charge in [0.15, 0.2) is 0 Å². The van der Waals surface area contributed by atoms with Crippen molar-refractivity contribution in [3.63, 3.8) is 0 Å². The molecule has 1 saturated heterocycles. The minimum absolute atomic E-state index is 0.0172. The van der Waals surface area contributed by atoms with Gasteiger partial charge in [-0.25, -0.2) is 9.78 Å². The van der Waals surface area contributed by atoms with Gasteiger partial charge in [0.2, 0.25) is 29.5 Å². The molecule has 1 aromatic carbocycles. The number of amides is 6. The number of aliphatic hydroxyl groups excluding tert-OH is 1. The zero-order chi connectivity index (χ0) is 42.4. The minimum atomic E-state index is -1.36. The SMILES string of the molecule is CC(C)C[C@@H]1NC(=O)C[C@@H]1NC(=O)[C@@H](NC(=O)C[C@H](O)[C@H](CC(C)C)NC(=O)[C@H](Cc1c[nH]cn1)NC(=O)[C@H](Cc1ccccc1)NC(=O)OC(C)(C)C)C(C)C. The van der Waals surface area contributed by atoms with Crippen molar-refractivity contribution in [2.24, 2.45) is 17.8 Å². The summed E-state index contributed by atoms with van der Waals surface area (Å²) in [7, 11) is 0. The van der Waals surface area contributed by atoms with E-state index in [1.807, 2.05) is 58.0 Å². The number of hydrogen-bond acceptors (Lipinski definition) is 9. The van der Waals surface area contributed by atoms with Crippen LogP contribution in [0.1, 0.15) is 99.3 Å². The van der Waals surface area contributed by atoms with Crippen LogP contribution in [0.3, 0.4) is 0 Å². The largest absolute Gasteiger partial charge is 0.444 e. The van der Waals surface area contributed by atoms with E-state index in [2.05, 4.69) is 41.9 Å². The highest BCUT2D eigenvalue weighted by molar-refractivity contribution is 5.92. The summed E-state index contributed by atoms with van der Waals surface area (Å²) >= 11 is 0. The Morgan fingerprint density at radius 2 is 1.53 bits per heavy atom. The van der Waals surface area contributed by atoms with Crippen molar-refractivity contribution in [1.29, 1.82) is 0 Å². The first kappa shape index (κ1) is 46.4. The maximum Gasteiger partial charge on any atom is 0.408 e. The van der Waals surface area contributed by atoms with E-state index in [0.717, 1.165) is 5.56 Å². The summed E-state index contributed by atoms with van der Waals surface area (Å²) in [5.41, 5.74) is 0.414. The van der Waals surface area contributed by atoms with Gasteiger partial charge < -0.3 is 46.7 Å². The number of H-pyrrole nitrogens is 1. The van der Waals surface area contributed by atoms with E-state index in [0.29, 0.717) is 18.0 Å². The Hall–Kier alpha value is -4.99. The summed E-state index contributed by atoms with van der Waals surface area (Å²) in [4.78, 5) is 86.8. The summed E-state index contributed by atoms with van der Waals surface area (Å²) in [6.07, 6.45) is 1.64. The van der Waals surface area contributed by atoms with Crippen LogP contribution in [0.4, 0.5) is 4.79 Å². The van der Waals surface area contributed by atoms with Crippen LogP contribution in [0.15, 0.2) is 42.9 Å². The molecule has 3 rings (SSSR count). The first-order valence-corrected chi connectivity index (χ1v) is 19.9. The molecule has 0 aliphatic carbocycles. The highest BCUT2D eigenvalue weighted by Crippen LogP contribution is 2.18. The second kappa shape index (κ2) is 21.5. The van der Waals surface area contributed by atoms with Gasteiger partial charge in [-0.1, -0.05) is 71.9 Å². The predicted octanol–water partition coefficient (Wildman–Crippen LogP) is 2.42. The highest BCUT2D eigenvalue weighted by Gasteiger charge is 2.37. The number of aliphatic hydroxyl groups is 1. The van der Waals surface area contributed by atoms with E-state index in [1.54, 1.807) is 40.8 Å². The summed E-state index contributed by atoms with van der Waals surface area (Å²) in [6.45, 7) is 16.6. The zero-order valence-corrected chi connectivity index (χ0v) is 34.8. The van der Waals surface area contributed by atoms with Gasteiger partial charge in [-0.3, -0.25) is 24.0 Å². The fourth-order valence-electron chi connectivity index (χ4n) is 6.67. The summed E-state index contributed by atoms with van der Waals surface area (Å²) in [5.74, 6) is -2.49. The minimum Gasteiger partial charge on any atom is -0.444 e. The van der Waals surface area contributed by atoms with Crippen LogP contribution in [0, 0.1) is 17.8 Å². The Balaban J connectivity index is 1.76. The third kappa shape index (κ3) is 16.2. The van der Waals surface area contributed by atoms with Gasteiger partial charge in [-0.05, 0) is 56.9 Å². The average molecular weight is 797 g/mol. The van der Waals surface area contributed by atoms with E-state index in [4.69, 9.17) is 4.74 Å². The molecule has 0 bridgehead atoms. The molecular weight excluding hydrogens is 732 g/mol. The number of aromatic amines is 1. The maximum atomic E-state index is 14.0. The van der Waals surface area contributed by atoms with Crippen LogP contribution >= 0.6 is 0 Å². The molecule has 2 heterocycles. The molecule has 1 aliphatic rings. The number of nitrogens with zero attached hydrogens (tertiary/aromatic N) is 1. The second-order valence-corrected chi connectivity index (χ2v) is 17.1. The van der Waals surface area contributed by atoms with Gasteiger partial charge in [-0.2, -0.15) is 0 Å². The highest BCUT2D eigenvalue weighted by atomic mass is 16.6. The van der Waals surface area contributed by atoms with Crippen molar-refractivity contribution in [3.8, 4) is 0 Å². The molecule has 16 nitrogen and oxygen atoms in total. The smallest absolute Gasteiger partial charge is 0.408 e. The number of rotatable bonds is 20. The molecule has 0 unspecified atom stereocenters. The quantitative estimate of drug-likeness (QED) is 0.0982. The number of nitrogens with one attached hydrogen (secondary N) is 7. The predicted molar refractivity (Wildman–Crippen MR) is 214 cm³/mol. The van der Waals surface area contributed by atoms with Gasteiger partial charge in [0, 0.05) is 31.5 Å². The molecule has 1 aromatic heterocycles. The molecule has 7 atom stereocenters. The molecule has 16 heteroatoms. The molecule has 316 valence electrons. The lowest BCUT2D eigenvalue weighted by Gasteiger charge is -2.30. The van der Waals surface area contributed by atoms with E-state index in [9.17, 15) is 33.9 Å². The van der Waals surface area contributed by atoms with E-state index >= 15 is 0 Å². The van der Waals surface area contributed by atoms with E-state index in [1.165, 1.54) is 6.33 Å². The number of carbonyl (C=O) groups excluding carboxylic acids is 6. The van der Waals surface area contributed by atoms with Crippen molar-refractivity contribution in [2.45, 2.75) is 149 Å². The molecule has 57 heavy (non-hydrogen) atoms. The average Bonchev–Trinajstić information content (AvgIpc) is 3.73. The van der Waals surface area contributed by atoms with Crippen LogP contribution in [-0.2, 0) is 41.6 Å². The normalized spacial score (nSPS) is 18.2. The van der Waals surface area contributed by atoms with Crippen molar-refractivity contribution in [3.05, 3.63) is 54.1 Å². The molecule has 6 amide bonds. The van der Waals surface area contributed by atoms with Gasteiger partial charge in [0.05, 0.1) is 36.6 Å². The number of benzene rings is 1. The van der Waals surface area contributed by atoms with Crippen molar-refractivity contribution in [2.75, 3.05) is 0 Å². The molecule has 8 N–H and O–H groups in total. The van der Waals surface area contributed by atoms with Crippen LogP contribution < -0.4 is 31.9 Å². The molecule has 0 spiro atoms. The zero-order valence-electron chi connectivity index (χ0n) is 34.8. The Kier molecular flexibility index (Phi) is 17.5. The number of aromatic nitrogens is 2. The van der Waals surface area contributed by atoms with Crippen molar-refractivity contribution in [1.82, 2.24) is 41.9 Å². The topological polar surface area (TPSA) is 233 Å². The number of alkyl carbamates (subject to hydrolysis) is 1. The van der Waals surface area contributed by atoms with Crippen molar-refractivity contribution < 1.29 is 38.6 Å². The lowest BCUT2D eigenvalue weighted by atomic mass is 9.95. The Bertz CT molecular complexity index is 1630. The third-order valence-corrected chi connectivity index (χ3v) is 9.36. The van der Waals surface area contributed by atoms with Gasteiger partial charge in [0.1, 0.15) is 23.7 Å². The maximum absolute atomic E-state index is 14.0.